The van der Waals surface area contributed by atoms with Gasteiger partial charge in [0.1, 0.15) is 0 Å². The standard InChI is InChI=1S/C8H18P.C5H5.3ClH.Hf/c1-8(2,3)6-7-9(4)5;1-2-4-5-3-1;;;;/h6H,7H2,1-5H3;1-3H,4H2;3*1H;/q;;;;;+3/p-3. The molecule has 0 spiro atoms. The van der Waals surface area contributed by atoms with Crippen molar-refractivity contribution in [3.8, 4) is 0 Å². The fourth-order valence-corrected chi connectivity index (χ4v) is 12.7. The van der Waals surface area contributed by atoms with Crippen LogP contribution in [0.4, 0.5) is 0 Å². The van der Waals surface area contributed by atoms with Crippen molar-refractivity contribution in [2.24, 2.45) is 5.41 Å². The van der Waals surface area contributed by atoms with Crippen molar-refractivity contribution in [1.29, 1.82) is 0 Å². The molecule has 0 aliphatic heterocycles. The normalized spacial score (nSPS) is 14.9. The summed E-state index contributed by atoms with van der Waals surface area (Å²) in [5.74, 6) is 0. The van der Waals surface area contributed by atoms with Gasteiger partial charge in [0.2, 0.25) is 0 Å². The van der Waals surface area contributed by atoms with Gasteiger partial charge in [-0.05, 0) is 0 Å². The van der Waals surface area contributed by atoms with Crippen molar-refractivity contribution in [3.05, 3.63) is 21.6 Å². The summed E-state index contributed by atoms with van der Waals surface area (Å²) < 4.78 is 2.87. The average Bonchev–Trinajstić information content (AvgIpc) is 2.53. The van der Waals surface area contributed by atoms with Crippen molar-refractivity contribution >= 4 is 7.92 Å². The Labute approximate surface area is 144 Å². The molecule has 1 aliphatic rings. The summed E-state index contributed by atoms with van der Waals surface area (Å²) in [4.78, 5) is 0. The number of allylic oxidation sites excluding steroid dienone is 4. The second-order valence-electron chi connectivity index (χ2n) is 5.65. The van der Waals surface area contributed by atoms with E-state index in [0.29, 0.717) is 5.41 Å². The Morgan fingerprint density at radius 2 is 1.78 bits per heavy atom. The largest absolute Gasteiger partial charge is 1.00 e. The van der Waals surface area contributed by atoms with Gasteiger partial charge >= 0.3 is 108 Å². The monoisotopic (exact) mass is 495 g/mol. The SMILES string of the molecule is CP(C)C[CH]([Hf+3][C]1=CC=CC1)C(C)(C)C.[Cl-].[Cl-].[Cl-]. The molecule has 0 saturated carbocycles. The molecular weight excluding hydrogens is 472 g/mol. The van der Waals surface area contributed by atoms with Gasteiger partial charge in [-0.2, -0.15) is 0 Å². The Morgan fingerprint density at radius 1 is 1.22 bits per heavy atom. The van der Waals surface area contributed by atoms with Gasteiger partial charge in [0.15, 0.2) is 0 Å². The number of halogens is 3. The molecular formula is C13H23Cl3HfP. The summed E-state index contributed by atoms with van der Waals surface area (Å²) in [6.45, 7) is 12.2. The van der Waals surface area contributed by atoms with Crippen LogP contribution >= 0.6 is 7.92 Å². The van der Waals surface area contributed by atoms with E-state index < -0.39 is 22.9 Å². The summed E-state index contributed by atoms with van der Waals surface area (Å²) in [5, 5.41) is 0. The van der Waals surface area contributed by atoms with Crippen LogP contribution in [0.5, 0.6) is 0 Å². The van der Waals surface area contributed by atoms with Gasteiger partial charge in [0.25, 0.3) is 0 Å². The molecule has 5 heteroatoms. The summed E-state index contributed by atoms with van der Waals surface area (Å²) in [7, 11) is 0.277. The van der Waals surface area contributed by atoms with E-state index in [2.05, 4.69) is 52.3 Å². The van der Waals surface area contributed by atoms with E-state index in [-0.39, 0.29) is 45.1 Å². The molecule has 0 amide bonds. The van der Waals surface area contributed by atoms with Crippen LogP contribution in [0.1, 0.15) is 27.2 Å². The maximum atomic E-state index is 2.44. The molecule has 0 nitrogen and oxygen atoms in total. The minimum atomic E-state index is -0.564. The Balaban J connectivity index is -0.000000750. The van der Waals surface area contributed by atoms with E-state index in [9.17, 15) is 0 Å². The zero-order valence-electron chi connectivity index (χ0n) is 11.8. The molecule has 0 fully saturated rings. The number of hydrogen-bond acceptors (Lipinski definition) is 0. The van der Waals surface area contributed by atoms with Crippen LogP contribution in [0.3, 0.4) is 0 Å². The Morgan fingerprint density at radius 3 is 2.11 bits per heavy atom. The first-order valence-electron chi connectivity index (χ1n) is 5.66. The van der Waals surface area contributed by atoms with Crippen molar-refractivity contribution < 1.29 is 60.1 Å². The molecule has 1 unspecified atom stereocenters. The molecule has 0 aromatic rings. The number of rotatable bonds is 4. The first-order valence-corrected chi connectivity index (χ1v) is 12.0. The average molecular weight is 495 g/mol. The van der Waals surface area contributed by atoms with Gasteiger partial charge < -0.3 is 37.2 Å². The maximum absolute atomic E-state index is 2.44. The van der Waals surface area contributed by atoms with Crippen LogP contribution in [0.15, 0.2) is 21.6 Å². The predicted octanol–water partition coefficient (Wildman–Crippen LogP) is -4.50. The topological polar surface area (TPSA) is 0 Å². The number of hydrogen-bond donors (Lipinski definition) is 0. The summed E-state index contributed by atoms with van der Waals surface area (Å²) in [5.41, 5.74) is 0.541. The van der Waals surface area contributed by atoms with Crippen LogP contribution in [-0.4, -0.2) is 19.5 Å². The Bertz CT molecular complexity index is 270. The van der Waals surface area contributed by atoms with Crippen LogP contribution in [0, 0.1) is 5.41 Å². The molecule has 105 valence electrons. The summed E-state index contributed by atoms with van der Waals surface area (Å²) >= 11 is -0.564. The smallest absolute Gasteiger partial charge is 1.00 e. The van der Waals surface area contributed by atoms with E-state index in [1.165, 1.54) is 12.6 Å². The van der Waals surface area contributed by atoms with Gasteiger partial charge in [-0.15, -0.1) is 0 Å². The minimum absolute atomic E-state index is 0. The second kappa shape index (κ2) is 11.3. The van der Waals surface area contributed by atoms with Crippen molar-refractivity contribution in [2.75, 3.05) is 19.5 Å². The fraction of sp³-hybridized carbons (Fsp3) is 0.692. The van der Waals surface area contributed by atoms with E-state index in [4.69, 9.17) is 0 Å². The molecule has 1 aliphatic carbocycles. The van der Waals surface area contributed by atoms with E-state index in [0.717, 1.165) is 3.67 Å². The van der Waals surface area contributed by atoms with Gasteiger partial charge in [-0.1, -0.05) is 0 Å². The van der Waals surface area contributed by atoms with Crippen molar-refractivity contribution in [2.45, 2.75) is 30.9 Å². The molecule has 0 aromatic heterocycles. The Hall–Kier alpha value is 1.65. The van der Waals surface area contributed by atoms with Crippen molar-refractivity contribution in [3.63, 3.8) is 0 Å². The minimum Gasteiger partial charge on any atom is -1.00 e. The van der Waals surface area contributed by atoms with E-state index in [1.807, 2.05) is 3.33 Å². The van der Waals surface area contributed by atoms with Crippen LogP contribution in [0.2, 0.25) is 3.67 Å². The Kier molecular flexibility index (Phi) is 15.5. The van der Waals surface area contributed by atoms with E-state index in [1.54, 1.807) is 0 Å². The van der Waals surface area contributed by atoms with Crippen LogP contribution in [-0.2, 0) is 22.9 Å². The molecule has 1 atom stereocenters. The van der Waals surface area contributed by atoms with Crippen LogP contribution < -0.4 is 37.2 Å². The fourth-order valence-electron chi connectivity index (χ4n) is 1.68. The molecule has 18 heavy (non-hydrogen) atoms. The summed E-state index contributed by atoms with van der Waals surface area (Å²) in [6, 6.07) is 0. The molecule has 0 N–H and O–H groups in total. The molecule has 0 saturated heterocycles. The molecule has 0 bridgehead atoms. The first-order chi connectivity index (χ1) is 6.89. The van der Waals surface area contributed by atoms with Crippen molar-refractivity contribution in [1.82, 2.24) is 0 Å². The third kappa shape index (κ3) is 9.54. The van der Waals surface area contributed by atoms with E-state index >= 15 is 0 Å². The molecule has 0 aromatic carbocycles. The zero-order valence-corrected chi connectivity index (χ0v) is 18.6. The third-order valence-corrected chi connectivity index (χ3v) is 12.8. The second-order valence-corrected chi connectivity index (χ2v) is 14.0. The maximum Gasteiger partial charge on any atom is -1.00 e. The van der Waals surface area contributed by atoms with Crippen LogP contribution in [0.25, 0.3) is 0 Å². The quantitative estimate of drug-likeness (QED) is 0.273. The first kappa shape index (κ1) is 24.7. The molecule has 1 rings (SSSR count). The van der Waals surface area contributed by atoms with Gasteiger partial charge in [-0.3, -0.25) is 0 Å². The molecule has 0 radical (unpaired) electrons. The van der Waals surface area contributed by atoms with Gasteiger partial charge in [-0.25, -0.2) is 0 Å². The zero-order chi connectivity index (χ0) is 11.5. The predicted molar refractivity (Wildman–Crippen MR) is 68.7 cm³/mol. The summed E-state index contributed by atoms with van der Waals surface area (Å²) in [6.07, 6.45) is 9.75. The molecule has 0 heterocycles. The van der Waals surface area contributed by atoms with Gasteiger partial charge in [0.05, 0.1) is 0 Å². The third-order valence-electron chi connectivity index (χ3n) is 2.72. The van der Waals surface area contributed by atoms with Gasteiger partial charge in [0, 0.05) is 0 Å².